The fraction of sp³-hybridized carbons (Fsp3) is 0.320. The molecular weight excluding hydrogens is 446 g/mol. The lowest BCUT2D eigenvalue weighted by Gasteiger charge is -2.43. The SMILES string of the molecule is CN(C(=O)COC(=O)/C=C/c1ccc2c(c1)OCO2)[C@]1(c2ccccc2Cl)CCCCC1=O. The number of hydrogen-bond donors (Lipinski definition) is 0. The van der Waals surface area contributed by atoms with Crippen LogP contribution in [-0.2, 0) is 24.7 Å². The van der Waals surface area contributed by atoms with E-state index in [-0.39, 0.29) is 12.6 Å². The van der Waals surface area contributed by atoms with Gasteiger partial charge in [-0.3, -0.25) is 9.59 Å². The molecule has 8 heteroatoms. The molecule has 0 spiro atoms. The Morgan fingerprint density at radius 3 is 2.73 bits per heavy atom. The molecule has 0 unspecified atom stereocenters. The van der Waals surface area contributed by atoms with E-state index < -0.39 is 24.0 Å². The standard InChI is InChI=1S/C25H24ClNO6/c1-27(25(13-5-4-8-22(25)28)18-6-2-3-7-19(18)26)23(29)15-31-24(30)12-10-17-9-11-20-21(14-17)33-16-32-20/h2-3,6-7,9-12,14H,4-5,8,13,15-16H2,1H3/b12-10+/t25-/m0/s1. The van der Waals surface area contributed by atoms with E-state index in [9.17, 15) is 14.4 Å². The van der Waals surface area contributed by atoms with Gasteiger partial charge in [0.05, 0.1) is 0 Å². The molecule has 0 aromatic heterocycles. The van der Waals surface area contributed by atoms with Gasteiger partial charge in [-0.15, -0.1) is 0 Å². The highest BCUT2D eigenvalue weighted by molar-refractivity contribution is 6.31. The van der Waals surface area contributed by atoms with Crippen molar-refractivity contribution in [2.75, 3.05) is 20.4 Å². The lowest BCUT2D eigenvalue weighted by molar-refractivity contribution is -0.155. The van der Waals surface area contributed by atoms with Crippen LogP contribution in [0.5, 0.6) is 11.5 Å². The van der Waals surface area contributed by atoms with E-state index in [1.54, 1.807) is 55.6 Å². The molecule has 33 heavy (non-hydrogen) atoms. The number of esters is 1. The van der Waals surface area contributed by atoms with Gasteiger partial charge in [-0.25, -0.2) is 4.79 Å². The first-order valence-electron chi connectivity index (χ1n) is 10.7. The van der Waals surface area contributed by atoms with Crippen LogP contribution >= 0.6 is 11.6 Å². The van der Waals surface area contributed by atoms with Crippen molar-refractivity contribution in [1.82, 2.24) is 4.90 Å². The highest BCUT2D eigenvalue weighted by Gasteiger charge is 2.47. The van der Waals surface area contributed by atoms with Crippen molar-refractivity contribution in [2.45, 2.75) is 31.2 Å². The van der Waals surface area contributed by atoms with Crippen LogP contribution in [0.2, 0.25) is 5.02 Å². The first kappa shape index (κ1) is 22.9. The zero-order chi connectivity index (χ0) is 23.4. The van der Waals surface area contributed by atoms with Crippen LogP contribution in [0.15, 0.2) is 48.5 Å². The predicted octanol–water partition coefficient (Wildman–Crippen LogP) is 4.12. The topological polar surface area (TPSA) is 82.1 Å². The number of carbonyl (C=O) groups is 3. The lowest BCUT2D eigenvalue weighted by atomic mass is 9.74. The summed E-state index contributed by atoms with van der Waals surface area (Å²) < 4.78 is 15.7. The van der Waals surface area contributed by atoms with Crippen LogP contribution in [0.4, 0.5) is 0 Å². The molecule has 2 aliphatic rings. The van der Waals surface area contributed by atoms with Crippen LogP contribution < -0.4 is 9.47 Å². The van der Waals surface area contributed by atoms with Gasteiger partial charge in [0.25, 0.3) is 5.91 Å². The molecule has 0 N–H and O–H groups in total. The zero-order valence-electron chi connectivity index (χ0n) is 18.2. The number of benzene rings is 2. The van der Waals surface area contributed by atoms with Crippen molar-refractivity contribution < 1.29 is 28.6 Å². The zero-order valence-corrected chi connectivity index (χ0v) is 19.0. The van der Waals surface area contributed by atoms with Crippen LogP contribution in [0.1, 0.15) is 36.8 Å². The van der Waals surface area contributed by atoms with E-state index in [1.807, 2.05) is 0 Å². The van der Waals surface area contributed by atoms with Gasteiger partial charge < -0.3 is 19.1 Å². The number of ether oxygens (including phenoxy) is 3. The molecular formula is C25H24ClNO6. The lowest BCUT2D eigenvalue weighted by Crippen LogP contribution is -2.55. The predicted molar refractivity (Wildman–Crippen MR) is 122 cm³/mol. The quantitative estimate of drug-likeness (QED) is 0.467. The molecule has 1 fully saturated rings. The monoisotopic (exact) mass is 469 g/mol. The van der Waals surface area contributed by atoms with E-state index in [1.165, 1.54) is 11.0 Å². The summed E-state index contributed by atoms with van der Waals surface area (Å²) in [7, 11) is 1.56. The van der Waals surface area contributed by atoms with Crippen LogP contribution in [0, 0.1) is 0 Å². The first-order chi connectivity index (χ1) is 15.9. The number of nitrogens with zero attached hydrogens (tertiary/aromatic N) is 1. The third kappa shape index (κ3) is 4.59. The Morgan fingerprint density at radius 1 is 1.15 bits per heavy atom. The number of rotatable bonds is 6. The third-order valence-electron chi connectivity index (χ3n) is 6.07. The summed E-state index contributed by atoms with van der Waals surface area (Å²) in [5, 5.41) is 0.427. The van der Waals surface area contributed by atoms with E-state index >= 15 is 0 Å². The molecule has 1 heterocycles. The fourth-order valence-corrected chi connectivity index (χ4v) is 4.59. The van der Waals surface area contributed by atoms with E-state index in [2.05, 4.69) is 0 Å². The Morgan fingerprint density at radius 2 is 1.94 bits per heavy atom. The molecule has 1 atom stereocenters. The minimum Gasteiger partial charge on any atom is -0.454 e. The van der Waals surface area contributed by atoms with Crippen LogP contribution in [-0.4, -0.2) is 43.0 Å². The molecule has 0 saturated heterocycles. The molecule has 1 aliphatic heterocycles. The summed E-state index contributed by atoms with van der Waals surface area (Å²) in [6.45, 7) is -0.321. The minimum absolute atomic E-state index is 0.0632. The van der Waals surface area contributed by atoms with Crippen LogP contribution in [0.3, 0.4) is 0 Å². The van der Waals surface area contributed by atoms with Crippen molar-refractivity contribution in [3.05, 3.63) is 64.7 Å². The fourth-order valence-electron chi connectivity index (χ4n) is 4.30. The second-order valence-electron chi connectivity index (χ2n) is 7.98. The number of fused-ring (bicyclic) bond motifs is 1. The van der Waals surface area contributed by atoms with Gasteiger partial charge in [-0.1, -0.05) is 35.9 Å². The second kappa shape index (κ2) is 9.67. The normalized spacial score (nSPS) is 19.5. The highest BCUT2D eigenvalue weighted by atomic mass is 35.5. The van der Waals surface area contributed by atoms with Crippen molar-refractivity contribution >= 4 is 35.3 Å². The summed E-state index contributed by atoms with van der Waals surface area (Å²) in [5.74, 6) is 0.0373. The van der Waals surface area contributed by atoms with Gasteiger partial charge in [0.15, 0.2) is 23.9 Å². The largest absolute Gasteiger partial charge is 0.454 e. The van der Waals surface area contributed by atoms with E-state index in [0.29, 0.717) is 34.9 Å². The molecule has 1 saturated carbocycles. The molecule has 172 valence electrons. The Bertz CT molecular complexity index is 1110. The van der Waals surface area contributed by atoms with E-state index in [0.717, 1.165) is 18.4 Å². The minimum atomic E-state index is -1.16. The number of ketones is 1. The van der Waals surface area contributed by atoms with Gasteiger partial charge in [0.1, 0.15) is 5.54 Å². The second-order valence-corrected chi connectivity index (χ2v) is 8.38. The summed E-state index contributed by atoms with van der Waals surface area (Å²) >= 11 is 6.42. The van der Waals surface area contributed by atoms with Crippen molar-refractivity contribution in [3.8, 4) is 11.5 Å². The summed E-state index contributed by atoms with van der Waals surface area (Å²) in [6, 6.07) is 12.3. The molecule has 2 aromatic carbocycles. The van der Waals surface area contributed by atoms with Crippen LogP contribution in [0.25, 0.3) is 6.08 Å². The molecule has 7 nitrogen and oxygen atoms in total. The van der Waals surface area contributed by atoms with Gasteiger partial charge >= 0.3 is 5.97 Å². The number of halogens is 1. The molecule has 0 bridgehead atoms. The Balaban J connectivity index is 1.44. The van der Waals surface area contributed by atoms with Crippen molar-refractivity contribution in [2.24, 2.45) is 0 Å². The maximum atomic E-state index is 13.1. The van der Waals surface area contributed by atoms with Gasteiger partial charge in [-0.2, -0.15) is 0 Å². The van der Waals surface area contributed by atoms with Crippen molar-refractivity contribution in [1.29, 1.82) is 0 Å². The number of carbonyl (C=O) groups excluding carboxylic acids is 3. The van der Waals surface area contributed by atoms with Gasteiger partial charge in [0, 0.05) is 30.1 Å². The Kier molecular flexibility index (Phi) is 6.70. The first-order valence-corrected chi connectivity index (χ1v) is 11.1. The maximum Gasteiger partial charge on any atom is 0.331 e. The van der Waals surface area contributed by atoms with E-state index in [4.69, 9.17) is 25.8 Å². The average Bonchev–Trinajstić information content (AvgIpc) is 3.29. The molecule has 2 aromatic rings. The summed E-state index contributed by atoms with van der Waals surface area (Å²) in [4.78, 5) is 39.7. The number of Topliss-reactive ketones (excluding diaryl/α,β-unsaturated/α-hetero) is 1. The molecule has 1 aliphatic carbocycles. The third-order valence-corrected chi connectivity index (χ3v) is 6.40. The molecule has 0 radical (unpaired) electrons. The van der Waals surface area contributed by atoms with Gasteiger partial charge in [0.2, 0.25) is 6.79 Å². The van der Waals surface area contributed by atoms with Crippen molar-refractivity contribution in [3.63, 3.8) is 0 Å². The maximum absolute atomic E-state index is 13.1. The Labute approximate surface area is 196 Å². The number of likely N-dealkylation sites (N-methyl/N-ethyl adjacent to an activating group) is 1. The summed E-state index contributed by atoms with van der Waals surface area (Å²) in [5.41, 5.74) is 0.161. The molecule has 1 amide bonds. The smallest absolute Gasteiger partial charge is 0.331 e. The number of hydrogen-bond acceptors (Lipinski definition) is 6. The Hall–Kier alpha value is -3.32. The average molecular weight is 470 g/mol. The highest BCUT2D eigenvalue weighted by Crippen LogP contribution is 2.42. The number of amides is 1. The summed E-state index contributed by atoms with van der Waals surface area (Å²) in [6.07, 6.45) is 5.19. The van der Waals surface area contributed by atoms with Gasteiger partial charge in [-0.05, 0) is 49.1 Å². The molecule has 4 rings (SSSR count).